The number of alkyl halides is 2. The summed E-state index contributed by atoms with van der Waals surface area (Å²) in [4.78, 5) is 0. The zero-order chi connectivity index (χ0) is 13.5. The van der Waals surface area contributed by atoms with Gasteiger partial charge in [-0.1, -0.05) is 69.6 Å². The summed E-state index contributed by atoms with van der Waals surface area (Å²) in [6.45, 7) is 0. The van der Waals surface area contributed by atoms with Crippen molar-refractivity contribution in [2.45, 2.75) is 10.8 Å². The van der Waals surface area contributed by atoms with Crippen LogP contribution in [0.1, 0.15) is 12.0 Å². The first-order chi connectivity index (χ1) is 8.31. The Balaban J connectivity index is 2.55. The molecule has 0 amide bonds. The summed E-state index contributed by atoms with van der Waals surface area (Å²) in [5, 5.41) is 1.89. The van der Waals surface area contributed by atoms with Gasteiger partial charge in [0.2, 0.25) is 0 Å². The van der Waals surface area contributed by atoms with E-state index in [1.165, 1.54) is 0 Å². The first-order valence-corrected chi connectivity index (χ1v) is 7.17. The fourth-order valence-electron chi connectivity index (χ4n) is 1.61. The predicted molar refractivity (Wildman–Crippen MR) is 82.2 cm³/mol. The molecule has 0 aliphatic heterocycles. The highest BCUT2D eigenvalue weighted by Gasteiger charge is 2.34. The van der Waals surface area contributed by atoms with Gasteiger partial charge in [0.15, 0.2) is 4.33 Å². The molecule has 1 aliphatic rings. The molecule has 0 atom stereocenters. The van der Waals surface area contributed by atoms with Gasteiger partial charge in [0.1, 0.15) is 0 Å². The Labute approximate surface area is 135 Å². The van der Waals surface area contributed by atoms with E-state index >= 15 is 0 Å². The number of allylic oxidation sites excluding steroid dienone is 4. The highest BCUT2D eigenvalue weighted by Crippen LogP contribution is 2.47. The molecule has 6 heteroatoms. The lowest BCUT2D eigenvalue weighted by atomic mass is 9.98. The monoisotopic (exact) mass is 360 g/mol. The fourth-order valence-corrected chi connectivity index (χ4v) is 3.05. The lowest BCUT2D eigenvalue weighted by molar-refractivity contribution is 0.932. The van der Waals surface area contributed by atoms with Gasteiger partial charge in [0, 0.05) is 27.1 Å². The van der Waals surface area contributed by atoms with Crippen molar-refractivity contribution in [2.75, 3.05) is 0 Å². The average Bonchev–Trinajstić information content (AvgIpc) is 2.27. The van der Waals surface area contributed by atoms with Crippen LogP contribution in [0.15, 0.2) is 34.3 Å². The molecule has 0 fully saturated rings. The minimum atomic E-state index is -1.19. The summed E-state index contributed by atoms with van der Waals surface area (Å²) in [5.41, 5.74) is 1.39. The Hall–Kier alpha value is 0.440. The van der Waals surface area contributed by atoms with Crippen LogP contribution in [-0.2, 0) is 0 Å². The maximum atomic E-state index is 6.20. The molecule has 0 unspecified atom stereocenters. The van der Waals surface area contributed by atoms with Crippen molar-refractivity contribution < 1.29 is 0 Å². The van der Waals surface area contributed by atoms with E-state index in [9.17, 15) is 0 Å². The van der Waals surface area contributed by atoms with Crippen molar-refractivity contribution in [3.8, 4) is 0 Å². The number of rotatable bonds is 1. The Kier molecular flexibility index (Phi) is 4.48. The summed E-state index contributed by atoms with van der Waals surface area (Å²) >= 11 is 36.4. The van der Waals surface area contributed by atoms with Gasteiger partial charge in [-0.2, -0.15) is 0 Å². The van der Waals surface area contributed by atoms with Crippen molar-refractivity contribution in [2.24, 2.45) is 0 Å². The van der Waals surface area contributed by atoms with Crippen LogP contribution < -0.4 is 0 Å². The van der Waals surface area contributed by atoms with E-state index in [1.54, 1.807) is 24.3 Å². The molecule has 96 valence electrons. The third kappa shape index (κ3) is 2.95. The van der Waals surface area contributed by atoms with E-state index in [0.29, 0.717) is 31.2 Å². The highest BCUT2D eigenvalue weighted by molar-refractivity contribution is 6.57. The van der Waals surface area contributed by atoms with Crippen molar-refractivity contribution in [1.82, 2.24) is 0 Å². The molecular formula is C12H6Cl6. The Morgan fingerprint density at radius 3 is 2.33 bits per heavy atom. The van der Waals surface area contributed by atoms with Gasteiger partial charge in [0.25, 0.3) is 0 Å². The maximum absolute atomic E-state index is 6.20. The Morgan fingerprint density at radius 2 is 1.67 bits per heavy atom. The number of hydrogen-bond acceptors (Lipinski definition) is 0. The molecule has 0 radical (unpaired) electrons. The van der Waals surface area contributed by atoms with Crippen molar-refractivity contribution >= 4 is 75.2 Å². The zero-order valence-electron chi connectivity index (χ0n) is 8.78. The maximum Gasteiger partial charge on any atom is 0.158 e. The van der Waals surface area contributed by atoms with Crippen LogP contribution in [0.5, 0.6) is 0 Å². The molecule has 0 nitrogen and oxygen atoms in total. The van der Waals surface area contributed by atoms with Gasteiger partial charge in [-0.25, -0.2) is 0 Å². The number of hydrogen-bond donors (Lipinski definition) is 0. The molecule has 0 bridgehead atoms. The molecule has 0 N–H and O–H groups in total. The molecule has 1 aromatic rings. The van der Waals surface area contributed by atoms with Gasteiger partial charge in [-0.3, -0.25) is 0 Å². The van der Waals surface area contributed by atoms with Gasteiger partial charge < -0.3 is 0 Å². The molecule has 18 heavy (non-hydrogen) atoms. The number of halogens is 6. The van der Waals surface area contributed by atoms with Crippen LogP contribution in [0.4, 0.5) is 0 Å². The molecular weight excluding hydrogens is 357 g/mol. The van der Waals surface area contributed by atoms with Crippen LogP contribution in [0, 0.1) is 0 Å². The van der Waals surface area contributed by atoms with Crippen LogP contribution in [0.3, 0.4) is 0 Å². The molecule has 0 saturated heterocycles. The number of benzene rings is 1. The van der Waals surface area contributed by atoms with Crippen LogP contribution >= 0.6 is 69.6 Å². The fraction of sp³-hybridized carbons (Fsp3) is 0.167. The Morgan fingerprint density at radius 1 is 1.00 bits per heavy atom. The molecule has 0 heterocycles. The second kappa shape index (κ2) is 5.44. The summed E-state index contributed by atoms with van der Waals surface area (Å²) < 4.78 is -1.19. The molecule has 2 rings (SSSR count). The first kappa shape index (κ1) is 14.8. The van der Waals surface area contributed by atoms with Crippen LogP contribution in [-0.4, -0.2) is 4.33 Å². The van der Waals surface area contributed by atoms with E-state index in [4.69, 9.17) is 69.6 Å². The van der Waals surface area contributed by atoms with Gasteiger partial charge >= 0.3 is 0 Å². The second-order valence-electron chi connectivity index (χ2n) is 3.82. The summed E-state index contributed by atoms with van der Waals surface area (Å²) in [5.74, 6) is 0. The third-order valence-electron chi connectivity index (χ3n) is 2.51. The first-order valence-electron chi connectivity index (χ1n) is 4.91. The standard InChI is InChI=1S/C12H6Cl6/c13-6-1-2-9(14)7(3-6)8-4-11(16)12(17,18)5-10(8)15/h1-4H,5H2. The lowest BCUT2D eigenvalue weighted by Gasteiger charge is -2.25. The van der Waals surface area contributed by atoms with Crippen molar-refractivity contribution in [1.29, 1.82) is 0 Å². The largest absolute Gasteiger partial charge is 0.158 e. The zero-order valence-corrected chi connectivity index (χ0v) is 13.3. The lowest BCUT2D eigenvalue weighted by Crippen LogP contribution is -2.17. The predicted octanol–water partition coefficient (Wildman–Crippen LogP) is 6.64. The molecule has 1 aliphatic carbocycles. The van der Waals surface area contributed by atoms with E-state index in [1.807, 2.05) is 0 Å². The van der Waals surface area contributed by atoms with Gasteiger partial charge in [-0.05, 0) is 29.8 Å². The normalized spacial score (nSPS) is 18.9. The van der Waals surface area contributed by atoms with Gasteiger partial charge in [0.05, 0.1) is 5.03 Å². The summed E-state index contributed by atoms with van der Waals surface area (Å²) in [6.07, 6.45) is 1.84. The molecule has 1 aromatic carbocycles. The molecule has 0 saturated carbocycles. The topological polar surface area (TPSA) is 0 Å². The second-order valence-corrected chi connectivity index (χ2v) is 7.01. The van der Waals surface area contributed by atoms with E-state index in [0.717, 1.165) is 0 Å². The quantitative estimate of drug-likeness (QED) is 0.491. The van der Waals surface area contributed by atoms with Crippen molar-refractivity contribution in [3.63, 3.8) is 0 Å². The summed E-state index contributed by atoms with van der Waals surface area (Å²) in [7, 11) is 0. The van der Waals surface area contributed by atoms with E-state index in [2.05, 4.69) is 0 Å². The molecule has 0 spiro atoms. The van der Waals surface area contributed by atoms with Crippen LogP contribution in [0.2, 0.25) is 10.0 Å². The minimum absolute atomic E-state index is 0.227. The van der Waals surface area contributed by atoms with Gasteiger partial charge in [-0.15, -0.1) is 0 Å². The minimum Gasteiger partial charge on any atom is -0.0949 e. The third-order valence-corrected chi connectivity index (χ3v) is 4.71. The van der Waals surface area contributed by atoms with Crippen LogP contribution in [0.25, 0.3) is 5.57 Å². The molecule has 0 aromatic heterocycles. The van der Waals surface area contributed by atoms with E-state index in [-0.39, 0.29) is 6.42 Å². The Bertz CT molecular complexity index is 556. The van der Waals surface area contributed by atoms with Crippen molar-refractivity contribution in [3.05, 3.63) is 49.9 Å². The SMILES string of the molecule is ClC1=CC(c2cc(Cl)ccc2Cl)=C(Cl)CC1(Cl)Cl. The summed E-state index contributed by atoms with van der Waals surface area (Å²) in [6, 6.07) is 5.11. The average molecular weight is 363 g/mol. The smallest absolute Gasteiger partial charge is 0.0949 e. The van der Waals surface area contributed by atoms with E-state index < -0.39 is 4.33 Å². The highest BCUT2D eigenvalue weighted by atomic mass is 35.5.